The molecule has 1 heterocycles. The molecule has 1 aliphatic heterocycles. The Labute approximate surface area is 125 Å². The lowest BCUT2D eigenvalue weighted by Crippen LogP contribution is -2.30. The Balaban J connectivity index is 2.06. The van der Waals surface area contributed by atoms with Gasteiger partial charge >= 0.3 is 0 Å². The Morgan fingerprint density at radius 2 is 2.25 bits per heavy atom. The number of halogens is 1. The molecular formula is C13H17BrN4O2. The van der Waals surface area contributed by atoms with Crippen molar-refractivity contribution in [2.24, 2.45) is 5.84 Å². The number of benzene rings is 1. The average Bonchev–Trinajstić information content (AvgIpc) is 2.65. The van der Waals surface area contributed by atoms with E-state index in [4.69, 9.17) is 5.84 Å². The lowest BCUT2D eigenvalue weighted by molar-refractivity contribution is -0.120. The molecule has 0 bridgehead atoms. The van der Waals surface area contributed by atoms with Crippen molar-refractivity contribution in [3.8, 4) is 0 Å². The zero-order chi connectivity index (χ0) is 14.5. The number of hydrazine groups is 1. The molecule has 20 heavy (non-hydrogen) atoms. The normalized spacial score (nSPS) is 16.4. The Morgan fingerprint density at radius 3 is 2.95 bits per heavy atom. The predicted molar refractivity (Wildman–Crippen MR) is 78.7 cm³/mol. The van der Waals surface area contributed by atoms with Gasteiger partial charge in [0, 0.05) is 42.6 Å². The van der Waals surface area contributed by atoms with Crippen LogP contribution in [0.2, 0.25) is 0 Å². The molecule has 0 radical (unpaired) electrons. The molecule has 2 rings (SSSR count). The van der Waals surface area contributed by atoms with Gasteiger partial charge in [-0.25, -0.2) is 5.84 Å². The number of nitrogen functional groups attached to an aromatic ring is 1. The Hall–Kier alpha value is -1.44. The first-order valence-electron chi connectivity index (χ1n) is 6.38. The van der Waals surface area contributed by atoms with Crippen molar-refractivity contribution in [1.29, 1.82) is 0 Å². The van der Waals surface area contributed by atoms with Gasteiger partial charge in [-0.2, -0.15) is 0 Å². The van der Waals surface area contributed by atoms with Crippen molar-refractivity contribution in [1.82, 2.24) is 15.6 Å². The first kappa shape index (κ1) is 15.0. The Morgan fingerprint density at radius 1 is 1.45 bits per heavy atom. The summed E-state index contributed by atoms with van der Waals surface area (Å²) in [5, 5.41) is 2.85. The summed E-state index contributed by atoms with van der Waals surface area (Å²) in [7, 11) is 0. The summed E-state index contributed by atoms with van der Waals surface area (Å²) in [5.74, 6) is 4.89. The molecule has 0 aromatic heterocycles. The van der Waals surface area contributed by atoms with Crippen LogP contribution in [0.3, 0.4) is 0 Å². The minimum absolute atomic E-state index is 0.0986. The number of nitrogens with zero attached hydrogens (tertiary/aromatic N) is 1. The second kappa shape index (κ2) is 6.83. The second-order valence-electron chi connectivity index (χ2n) is 4.66. The molecule has 1 aromatic carbocycles. The molecule has 0 atom stereocenters. The van der Waals surface area contributed by atoms with Crippen LogP contribution in [-0.2, 0) is 11.3 Å². The molecule has 108 valence electrons. The van der Waals surface area contributed by atoms with Crippen LogP contribution in [-0.4, -0.2) is 36.3 Å². The molecule has 7 heteroatoms. The summed E-state index contributed by atoms with van der Waals surface area (Å²) >= 11 is 3.47. The molecule has 1 aromatic rings. The third kappa shape index (κ3) is 3.78. The van der Waals surface area contributed by atoms with Crippen molar-refractivity contribution in [2.75, 3.05) is 19.6 Å². The molecule has 1 fully saturated rings. The third-order valence-corrected chi connectivity index (χ3v) is 3.98. The number of rotatable bonds is 3. The Bertz CT molecular complexity index is 521. The highest BCUT2D eigenvalue weighted by atomic mass is 79.9. The lowest BCUT2D eigenvalue weighted by atomic mass is 10.1. The van der Waals surface area contributed by atoms with Crippen LogP contribution < -0.4 is 16.6 Å². The van der Waals surface area contributed by atoms with E-state index >= 15 is 0 Å². The van der Waals surface area contributed by atoms with E-state index in [9.17, 15) is 9.59 Å². The minimum Gasteiger partial charge on any atom is -0.355 e. The monoisotopic (exact) mass is 340 g/mol. The van der Waals surface area contributed by atoms with Crippen molar-refractivity contribution < 1.29 is 9.59 Å². The van der Waals surface area contributed by atoms with Gasteiger partial charge < -0.3 is 5.32 Å². The predicted octanol–water partition coefficient (Wildman–Crippen LogP) is 0.375. The van der Waals surface area contributed by atoms with Crippen molar-refractivity contribution in [3.05, 3.63) is 33.8 Å². The molecule has 1 aliphatic rings. The maximum atomic E-state index is 11.4. The number of amides is 2. The van der Waals surface area contributed by atoms with E-state index < -0.39 is 0 Å². The fourth-order valence-corrected chi connectivity index (χ4v) is 2.62. The van der Waals surface area contributed by atoms with Gasteiger partial charge in [0.1, 0.15) is 0 Å². The number of carbonyl (C=O) groups is 2. The van der Waals surface area contributed by atoms with Crippen LogP contribution in [0.1, 0.15) is 22.3 Å². The number of nitrogens with one attached hydrogen (secondary N) is 2. The smallest absolute Gasteiger partial charge is 0.265 e. The van der Waals surface area contributed by atoms with Crippen LogP contribution in [0.5, 0.6) is 0 Å². The molecule has 0 spiro atoms. The summed E-state index contributed by atoms with van der Waals surface area (Å²) in [6, 6.07) is 5.39. The average molecular weight is 341 g/mol. The summed E-state index contributed by atoms with van der Waals surface area (Å²) in [6.45, 7) is 2.97. The van der Waals surface area contributed by atoms with Crippen molar-refractivity contribution >= 4 is 27.7 Å². The van der Waals surface area contributed by atoms with Crippen LogP contribution in [0, 0.1) is 0 Å². The van der Waals surface area contributed by atoms with E-state index in [2.05, 4.69) is 31.6 Å². The molecule has 0 aliphatic carbocycles. The van der Waals surface area contributed by atoms with E-state index in [1.807, 2.05) is 6.07 Å². The lowest BCUT2D eigenvalue weighted by Gasteiger charge is -2.20. The summed E-state index contributed by atoms with van der Waals surface area (Å²) in [4.78, 5) is 24.9. The van der Waals surface area contributed by atoms with Gasteiger partial charge in [-0.15, -0.1) is 0 Å². The van der Waals surface area contributed by atoms with Gasteiger partial charge in [-0.3, -0.25) is 19.9 Å². The molecule has 0 saturated carbocycles. The maximum absolute atomic E-state index is 11.4. The van der Waals surface area contributed by atoms with E-state index in [-0.39, 0.29) is 11.8 Å². The second-order valence-corrected chi connectivity index (χ2v) is 5.51. The van der Waals surface area contributed by atoms with E-state index in [1.54, 1.807) is 12.1 Å². The number of hydrogen-bond acceptors (Lipinski definition) is 4. The number of hydrogen-bond donors (Lipinski definition) is 3. The van der Waals surface area contributed by atoms with Crippen LogP contribution in [0.25, 0.3) is 0 Å². The van der Waals surface area contributed by atoms with Gasteiger partial charge in [-0.1, -0.05) is 22.0 Å². The summed E-state index contributed by atoms with van der Waals surface area (Å²) in [6.07, 6.45) is 0.519. The molecule has 6 nitrogen and oxygen atoms in total. The third-order valence-electron chi connectivity index (χ3n) is 3.25. The van der Waals surface area contributed by atoms with Crippen molar-refractivity contribution in [2.45, 2.75) is 13.0 Å². The van der Waals surface area contributed by atoms with Gasteiger partial charge in [0.2, 0.25) is 5.91 Å². The van der Waals surface area contributed by atoms with E-state index in [0.29, 0.717) is 18.5 Å². The van der Waals surface area contributed by atoms with Gasteiger partial charge in [0.05, 0.1) is 0 Å². The topological polar surface area (TPSA) is 87.5 Å². The SMILES string of the molecule is NNC(=O)c1ccc(CN2CCNC(=O)CC2)c(Br)c1. The summed E-state index contributed by atoms with van der Waals surface area (Å²) < 4.78 is 0.863. The van der Waals surface area contributed by atoms with Crippen LogP contribution in [0.4, 0.5) is 0 Å². The fourth-order valence-electron chi connectivity index (χ4n) is 2.11. The largest absolute Gasteiger partial charge is 0.355 e. The highest BCUT2D eigenvalue weighted by Crippen LogP contribution is 2.20. The number of nitrogens with two attached hydrogens (primary N) is 1. The van der Waals surface area contributed by atoms with Gasteiger partial charge in [0.15, 0.2) is 0 Å². The minimum atomic E-state index is -0.318. The van der Waals surface area contributed by atoms with Gasteiger partial charge in [-0.05, 0) is 17.7 Å². The van der Waals surface area contributed by atoms with Crippen LogP contribution in [0.15, 0.2) is 22.7 Å². The Kier molecular flexibility index (Phi) is 5.11. The quantitative estimate of drug-likeness (QED) is 0.421. The molecule has 4 N–H and O–H groups in total. The molecule has 2 amide bonds. The zero-order valence-electron chi connectivity index (χ0n) is 11.0. The number of carbonyl (C=O) groups excluding carboxylic acids is 2. The highest BCUT2D eigenvalue weighted by Gasteiger charge is 2.15. The first-order chi connectivity index (χ1) is 9.60. The summed E-state index contributed by atoms with van der Waals surface area (Å²) in [5.41, 5.74) is 3.69. The maximum Gasteiger partial charge on any atom is 0.265 e. The first-order valence-corrected chi connectivity index (χ1v) is 7.18. The van der Waals surface area contributed by atoms with E-state index in [0.717, 1.165) is 29.7 Å². The van der Waals surface area contributed by atoms with Gasteiger partial charge in [0.25, 0.3) is 5.91 Å². The van der Waals surface area contributed by atoms with Crippen molar-refractivity contribution in [3.63, 3.8) is 0 Å². The fraction of sp³-hybridized carbons (Fsp3) is 0.385. The van der Waals surface area contributed by atoms with E-state index in [1.165, 1.54) is 0 Å². The highest BCUT2D eigenvalue weighted by molar-refractivity contribution is 9.10. The molecular weight excluding hydrogens is 324 g/mol. The van der Waals surface area contributed by atoms with Crippen LogP contribution >= 0.6 is 15.9 Å². The standard InChI is InChI=1S/C13H17BrN4O2/c14-11-7-9(13(20)17-15)1-2-10(11)8-18-5-3-12(19)16-4-6-18/h1-2,7H,3-6,8,15H2,(H,16,19)(H,17,20). The zero-order valence-corrected chi connectivity index (χ0v) is 12.6. The molecule has 0 unspecified atom stereocenters. The molecule has 1 saturated heterocycles.